The van der Waals surface area contributed by atoms with Gasteiger partial charge in [-0.15, -0.1) is 6.58 Å². The van der Waals surface area contributed by atoms with Crippen molar-refractivity contribution in [2.45, 2.75) is 33.6 Å². The predicted molar refractivity (Wildman–Crippen MR) is 65.5 cm³/mol. The van der Waals surface area contributed by atoms with Crippen LogP contribution in [0.3, 0.4) is 0 Å². The fourth-order valence-corrected chi connectivity index (χ4v) is 1.16. The smallest absolute Gasteiger partial charge is 0.0253 e. The van der Waals surface area contributed by atoms with Crippen LogP contribution < -0.4 is 0 Å². The molecular formula is C14H22. The molecule has 1 aromatic rings. The van der Waals surface area contributed by atoms with E-state index >= 15 is 0 Å². The third-order valence-corrected chi connectivity index (χ3v) is 2.12. The highest BCUT2D eigenvalue weighted by atomic mass is 14.0. The molecule has 0 aliphatic rings. The Morgan fingerprint density at radius 2 is 1.79 bits per heavy atom. The van der Waals surface area contributed by atoms with E-state index in [1.54, 1.807) is 6.08 Å². The van der Waals surface area contributed by atoms with Crippen LogP contribution in [0, 0.1) is 5.92 Å². The minimum absolute atomic E-state index is 0.817. The van der Waals surface area contributed by atoms with E-state index in [9.17, 15) is 0 Å². The molecule has 0 heteroatoms. The van der Waals surface area contributed by atoms with Crippen LogP contribution in [0.15, 0.2) is 43.0 Å². The Hall–Kier alpha value is -1.04. The lowest BCUT2D eigenvalue weighted by molar-refractivity contribution is 0.560. The minimum atomic E-state index is 0.817. The maximum absolute atomic E-state index is 3.36. The monoisotopic (exact) mass is 190 g/mol. The largest absolute Gasteiger partial charge is 0.103 e. The van der Waals surface area contributed by atoms with Gasteiger partial charge in [-0.1, -0.05) is 56.7 Å². The molecule has 0 aliphatic heterocycles. The van der Waals surface area contributed by atoms with Gasteiger partial charge in [0.25, 0.3) is 0 Å². The second-order valence-electron chi connectivity index (χ2n) is 3.61. The van der Waals surface area contributed by atoms with E-state index in [4.69, 9.17) is 0 Å². The molecule has 0 aliphatic carbocycles. The van der Waals surface area contributed by atoms with Crippen molar-refractivity contribution in [2.24, 2.45) is 5.92 Å². The van der Waals surface area contributed by atoms with Crippen LogP contribution in [0.1, 0.15) is 32.8 Å². The van der Waals surface area contributed by atoms with Gasteiger partial charge >= 0.3 is 0 Å². The quantitative estimate of drug-likeness (QED) is 0.617. The average Bonchev–Trinajstić information content (AvgIpc) is 2.20. The first-order chi connectivity index (χ1) is 6.74. The third-order valence-electron chi connectivity index (χ3n) is 2.12. The molecule has 14 heavy (non-hydrogen) atoms. The van der Waals surface area contributed by atoms with Crippen LogP contribution in [0.4, 0.5) is 0 Å². The van der Waals surface area contributed by atoms with Gasteiger partial charge < -0.3 is 0 Å². The molecule has 0 spiro atoms. The van der Waals surface area contributed by atoms with Gasteiger partial charge in [-0.05, 0) is 24.8 Å². The second-order valence-corrected chi connectivity index (χ2v) is 3.61. The summed E-state index contributed by atoms with van der Waals surface area (Å²) in [7, 11) is 0. The molecule has 0 nitrogen and oxygen atoms in total. The van der Waals surface area contributed by atoms with Crippen molar-refractivity contribution in [1.29, 1.82) is 0 Å². The Morgan fingerprint density at radius 1 is 1.29 bits per heavy atom. The van der Waals surface area contributed by atoms with Crippen molar-refractivity contribution >= 4 is 0 Å². The first-order valence-electron chi connectivity index (χ1n) is 5.35. The topological polar surface area (TPSA) is 0 Å². The van der Waals surface area contributed by atoms with Crippen LogP contribution >= 0.6 is 0 Å². The lowest BCUT2D eigenvalue weighted by atomic mass is 9.99. The summed E-state index contributed by atoms with van der Waals surface area (Å²) in [4.78, 5) is 0. The standard InChI is InChI=1S/C11H16.C3H6/c1-3-10(2)9-11-7-5-4-6-8-11;1-3-2/h4-8,10H,3,9H2,1-2H3;3H,1H2,2H3. The molecule has 0 saturated carbocycles. The Bertz CT molecular complexity index is 223. The van der Waals surface area contributed by atoms with Crippen molar-refractivity contribution < 1.29 is 0 Å². The lowest BCUT2D eigenvalue weighted by Gasteiger charge is -2.06. The molecule has 0 amide bonds. The van der Waals surface area contributed by atoms with Crippen molar-refractivity contribution in [1.82, 2.24) is 0 Å². The zero-order chi connectivity index (χ0) is 10.8. The van der Waals surface area contributed by atoms with Gasteiger partial charge in [0, 0.05) is 0 Å². The maximum Gasteiger partial charge on any atom is -0.0253 e. The van der Waals surface area contributed by atoms with Crippen molar-refractivity contribution in [2.75, 3.05) is 0 Å². The van der Waals surface area contributed by atoms with Gasteiger partial charge in [0.15, 0.2) is 0 Å². The summed E-state index contributed by atoms with van der Waals surface area (Å²) < 4.78 is 0. The summed E-state index contributed by atoms with van der Waals surface area (Å²) in [6.07, 6.45) is 4.24. The van der Waals surface area contributed by atoms with Gasteiger partial charge in [-0.2, -0.15) is 0 Å². The van der Waals surface area contributed by atoms with Gasteiger partial charge in [0.1, 0.15) is 0 Å². The Morgan fingerprint density at radius 3 is 2.21 bits per heavy atom. The Labute approximate surface area is 88.7 Å². The number of rotatable bonds is 3. The molecule has 78 valence electrons. The fourth-order valence-electron chi connectivity index (χ4n) is 1.16. The minimum Gasteiger partial charge on any atom is -0.103 e. The lowest BCUT2D eigenvalue weighted by Crippen LogP contribution is -1.96. The molecule has 0 saturated heterocycles. The fraction of sp³-hybridized carbons (Fsp3) is 0.429. The first-order valence-corrected chi connectivity index (χ1v) is 5.35. The number of hydrogen-bond donors (Lipinski definition) is 0. The van der Waals surface area contributed by atoms with E-state index in [2.05, 4.69) is 50.8 Å². The first kappa shape index (κ1) is 13.0. The second kappa shape index (κ2) is 8.55. The number of allylic oxidation sites excluding steroid dienone is 1. The van der Waals surface area contributed by atoms with E-state index in [1.807, 2.05) is 6.92 Å². The van der Waals surface area contributed by atoms with Gasteiger partial charge in [-0.3, -0.25) is 0 Å². The predicted octanol–water partition coefficient (Wildman–Crippen LogP) is 4.47. The molecule has 0 fully saturated rings. The summed E-state index contributed by atoms with van der Waals surface area (Å²) in [6, 6.07) is 10.7. The van der Waals surface area contributed by atoms with Crippen LogP contribution in [0.5, 0.6) is 0 Å². The average molecular weight is 190 g/mol. The summed E-state index contributed by atoms with van der Waals surface area (Å²) in [6.45, 7) is 9.79. The van der Waals surface area contributed by atoms with Crippen LogP contribution in [0.2, 0.25) is 0 Å². The number of benzene rings is 1. The highest BCUT2D eigenvalue weighted by molar-refractivity contribution is 5.14. The molecule has 0 N–H and O–H groups in total. The van der Waals surface area contributed by atoms with E-state index in [0.717, 1.165) is 5.92 Å². The number of hydrogen-bond acceptors (Lipinski definition) is 0. The third kappa shape index (κ3) is 6.47. The summed E-state index contributed by atoms with van der Waals surface area (Å²) in [5.41, 5.74) is 1.46. The van der Waals surface area contributed by atoms with Gasteiger partial charge in [0.2, 0.25) is 0 Å². The molecule has 1 rings (SSSR count). The van der Waals surface area contributed by atoms with E-state index < -0.39 is 0 Å². The SMILES string of the molecule is C=CC.CCC(C)Cc1ccccc1. The van der Waals surface area contributed by atoms with E-state index in [0.29, 0.717) is 0 Å². The molecule has 0 heterocycles. The molecule has 1 unspecified atom stereocenters. The molecular weight excluding hydrogens is 168 g/mol. The highest BCUT2D eigenvalue weighted by Gasteiger charge is 1.98. The molecule has 0 bridgehead atoms. The Kier molecular flexibility index (Phi) is 7.92. The van der Waals surface area contributed by atoms with E-state index in [-0.39, 0.29) is 0 Å². The van der Waals surface area contributed by atoms with Crippen LogP contribution in [0.25, 0.3) is 0 Å². The van der Waals surface area contributed by atoms with Gasteiger partial charge in [-0.25, -0.2) is 0 Å². The summed E-state index contributed by atoms with van der Waals surface area (Å²) in [5, 5.41) is 0. The Balaban J connectivity index is 0.000000500. The van der Waals surface area contributed by atoms with Crippen LogP contribution in [-0.4, -0.2) is 0 Å². The molecule has 0 radical (unpaired) electrons. The normalized spacial score (nSPS) is 11.1. The van der Waals surface area contributed by atoms with Gasteiger partial charge in [0.05, 0.1) is 0 Å². The van der Waals surface area contributed by atoms with Crippen molar-refractivity contribution in [3.05, 3.63) is 48.6 Å². The van der Waals surface area contributed by atoms with Crippen molar-refractivity contribution in [3.63, 3.8) is 0 Å². The zero-order valence-electron chi connectivity index (χ0n) is 9.66. The van der Waals surface area contributed by atoms with Crippen molar-refractivity contribution in [3.8, 4) is 0 Å². The summed E-state index contributed by atoms with van der Waals surface area (Å²) >= 11 is 0. The summed E-state index contributed by atoms with van der Waals surface area (Å²) in [5.74, 6) is 0.817. The zero-order valence-corrected chi connectivity index (χ0v) is 9.66. The maximum atomic E-state index is 3.36. The van der Waals surface area contributed by atoms with E-state index in [1.165, 1.54) is 18.4 Å². The highest BCUT2D eigenvalue weighted by Crippen LogP contribution is 2.10. The van der Waals surface area contributed by atoms with Crippen LogP contribution in [-0.2, 0) is 6.42 Å². The molecule has 1 aromatic carbocycles. The molecule has 1 atom stereocenters. The molecule has 0 aromatic heterocycles.